The maximum Gasteiger partial charge on any atom is 0.408 e. The van der Waals surface area contributed by atoms with Gasteiger partial charge in [-0.3, -0.25) is 9.59 Å². The minimum atomic E-state index is -2.31. The Hall–Kier alpha value is -2.01. The fourth-order valence-electron chi connectivity index (χ4n) is 7.12. The molecule has 3 fully saturated rings. The van der Waals surface area contributed by atoms with Crippen molar-refractivity contribution in [2.24, 2.45) is 16.7 Å². The average Bonchev–Trinajstić information content (AvgIpc) is 2.74. The van der Waals surface area contributed by atoms with Crippen molar-refractivity contribution >= 4 is 17.8 Å². The summed E-state index contributed by atoms with van der Waals surface area (Å²) < 4.78 is 17.2. The van der Waals surface area contributed by atoms with E-state index < -0.39 is 81.9 Å². The zero-order valence-electron chi connectivity index (χ0n) is 23.2. The molecule has 0 aromatic carbocycles. The zero-order chi connectivity index (χ0) is 28.4. The second kappa shape index (κ2) is 9.03. The number of carbonyl (C=O) groups is 3. The van der Waals surface area contributed by atoms with Gasteiger partial charge in [0.25, 0.3) is 0 Å². The Bertz CT molecular complexity index is 973. The highest BCUT2D eigenvalue weighted by Gasteiger charge is 2.81. The van der Waals surface area contributed by atoms with Crippen LogP contribution in [0.3, 0.4) is 0 Å². The molecule has 2 aliphatic carbocycles. The van der Waals surface area contributed by atoms with Gasteiger partial charge in [0.15, 0.2) is 17.5 Å². The number of aliphatic hydroxyl groups is 3. The molecule has 210 valence electrons. The van der Waals surface area contributed by atoms with E-state index in [4.69, 9.17) is 14.2 Å². The fraction of sp³-hybridized carbons (Fsp3) is 0.815. The maximum absolute atomic E-state index is 13.8. The quantitative estimate of drug-likeness (QED) is 0.319. The molecule has 0 unspecified atom stereocenters. The summed E-state index contributed by atoms with van der Waals surface area (Å²) in [5, 5.41) is 37.8. The Morgan fingerprint density at radius 2 is 1.78 bits per heavy atom. The molecule has 8 atom stereocenters. The summed E-state index contributed by atoms with van der Waals surface area (Å²) in [6.07, 6.45) is -2.84. The van der Waals surface area contributed by atoms with Gasteiger partial charge in [0.05, 0.1) is 17.8 Å². The monoisotopic (exact) mass is 525 g/mol. The van der Waals surface area contributed by atoms with Crippen LogP contribution < -0.4 is 5.32 Å². The number of aliphatic hydroxyl groups excluding tert-OH is 2. The third kappa shape index (κ3) is 4.49. The molecule has 1 amide bonds. The molecule has 1 heterocycles. The molecule has 1 saturated heterocycles. The number of carbonyl (C=O) groups excluding carboxylic acids is 3. The van der Waals surface area contributed by atoms with Crippen LogP contribution in [-0.2, 0) is 23.8 Å². The largest absolute Gasteiger partial charge is 0.455 e. The van der Waals surface area contributed by atoms with Gasteiger partial charge in [-0.2, -0.15) is 0 Å². The van der Waals surface area contributed by atoms with Crippen molar-refractivity contribution in [1.29, 1.82) is 0 Å². The van der Waals surface area contributed by atoms with Crippen molar-refractivity contribution in [2.75, 3.05) is 6.54 Å². The lowest BCUT2D eigenvalue weighted by atomic mass is 9.40. The van der Waals surface area contributed by atoms with E-state index in [0.29, 0.717) is 12.8 Å². The van der Waals surface area contributed by atoms with Crippen molar-refractivity contribution in [1.82, 2.24) is 5.32 Å². The van der Waals surface area contributed by atoms with E-state index in [2.05, 4.69) is 11.9 Å². The smallest absolute Gasteiger partial charge is 0.408 e. The molecule has 3 aliphatic rings. The van der Waals surface area contributed by atoms with E-state index in [1.165, 1.54) is 13.0 Å². The maximum atomic E-state index is 13.8. The van der Waals surface area contributed by atoms with Crippen LogP contribution in [0.25, 0.3) is 0 Å². The summed E-state index contributed by atoms with van der Waals surface area (Å²) >= 11 is 0. The first kappa shape index (κ1) is 29.5. The van der Waals surface area contributed by atoms with Gasteiger partial charge in [0.2, 0.25) is 0 Å². The van der Waals surface area contributed by atoms with Gasteiger partial charge in [0.1, 0.15) is 17.7 Å². The van der Waals surface area contributed by atoms with E-state index in [1.807, 2.05) is 13.8 Å². The van der Waals surface area contributed by atoms with Crippen molar-refractivity contribution in [3.05, 3.63) is 12.7 Å². The molecular formula is C27H43NO9. The Kier molecular flexibility index (Phi) is 7.21. The van der Waals surface area contributed by atoms with Crippen molar-refractivity contribution in [3.63, 3.8) is 0 Å². The molecule has 3 rings (SSSR count). The second-order valence-corrected chi connectivity index (χ2v) is 13.1. The van der Waals surface area contributed by atoms with Crippen LogP contribution in [0.4, 0.5) is 4.79 Å². The average molecular weight is 526 g/mol. The second-order valence-electron chi connectivity index (χ2n) is 13.1. The van der Waals surface area contributed by atoms with Crippen molar-refractivity contribution < 1.29 is 43.9 Å². The van der Waals surface area contributed by atoms with Crippen LogP contribution in [-0.4, -0.2) is 80.4 Å². The first-order valence-electron chi connectivity index (χ1n) is 12.8. The highest BCUT2D eigenvalue weighted by Crippen LogP contribution is 2.67. The summed E-state index contributed by atoms with van der Waals surface area (Å²) in [5.41, 5.74) is -8.42. The zero-order valence-corrected chi connectivity index (χ0v) is 23.2. The molecule has 1 aliphatic heterocycles. The summed E-state index contributed by atoms with van der Waals surface area (Å²) in [6, 6.07) is 0. The number of hydrogen-bond donors (Lipinski definition) is 4. The van der Waals surface area contributed by atoms with E-state index >= 15 is 0 Å². The van der Waals surface area contributed by atoms with E-state index in [1.54, 1.807) is 34.6 Å². The van der Waals surface area contributed by atoms with Gasteiger partial charge >= 0.3 is 12.1 Å². The van der Waals surface area contributed by atoms with E-state index in [0.717, 1.165) is 0 Å². The lowest BCUT2D eigenvalue weighted by molar-refractivity contribution is -0.370. The molecule has 10 nitrogen and oxygen atoms in total. The lowest BCUT2D eigenvalue weighted by Gasteiger charge is -2.71. The third-order valence-corrected chi connectivity index (χ3v) is 8.76. The molecule has 2 saturated carbocycles. The lowest BCUT2D eigenvalue weighted by Crippen LogP contribution is -2.86. The van der Waals surface area contributed by atoms with Gasteiger partial charge < -0.3 is 34.8 Å². The van der Waals surface area contributed by atoms with Crippen molar-refractivity contribution in [3.8, 4) is 0 Å². The number of ketones is 1. The minimum Gasteiger partial charge on any atom is -0.455 e. The van der Waals surface area contributed by atoms with Crippen LogP contribution >= 0.6 is 0 Å². The summed E-state index contributed by atoms with van der Waals surface area (Å²) in [6.45, 7) is 16.6. The topological polar surface area (TPSA) is 152 Å². The fourth-order valence-corrected chi connectivity index (χ4v) is 7.12. The first-order valence-corrected chi connectivity index (χ1v) is 12.8. The van der Waals surface area contributed by atoms with Gasteiger partial charge in [-0.05, 0) is 52.9 Å². The Morgan fingerprint density at radius 1 is 1.19 bits per heavy atom. The molecule has 0 radical (unpaired) electrons. The van der Waals surface area contributed by atoms with Crippen LogP contribution in [0, 0.1) is 16.7 Å². The summed E-state index contributed by atoms with van der Waals surface area (Å²) in [5.74, 6) is -2.34. The van der Waals surface area contributed by atoms with Gasteiger partial charge in [0, 0.05) is 17.8 Å². The summed E-state index contributed by atoms with van der Waals surface area (Å²) in [4.78, 5) is 38.8. The molecule has 10 heteroatoms. The van der Waals surface area contributed by atoms with Crippen molar-refractivity contribution in [2.45, 2.75) is 115 Å². The van der Waals surface area contributed by atoms with Gasteiger partial charge in [-0.25, -0.2) is 4.79 Å². The number of esters is 1. The SMILES string of the molecule is C=C[C@@]1(C)CC(=O)[C@]2(O)[C@@]3(C)[C@@H](O)CCC(C)(C)[C@@H]3[C@H](O)[C@H](OC(=O)CNC(=O)OC(C)(C)C)[C@@]2(C)O1. The summed E-state index contributed by atoms with van der Waals surface area (Å²) in [7, 11) is 0. The van der Waals surface area contributed by atoms with E-state index in [-0.39, 0.29) is 6.42 Å². The Labute approximate surface area is 218 Å². The molecule has 0 aromatic rings. The highest BCUT2D eigenvalue weighted by molar-refractivity contribution is 5.92. The molecule has 4 N–H and O–H groups in total. The number of nitrogens with one attached hydrogen (secondary N) is 1. The molecule has 0 aromatic heterocycles. The van der Waals surface area contributed by atoms with Gasteiger partial charge in [-0.15, -0.1) is 6.58 Å². The Balaban J connectivity index is 2.06. The predicted molar refractivity (Wildman–Crippen MR) is 133 cm³/mol. The van der Waals surface area contributed by atoms with Crippen LogP contribution in [0.5, 0.6) is 0 Å². The number of alkyl carbamates (subject to hydrolysis) is 1. The molecular weight excluding hydrogens is 482 g/mol. The number of hydrogen-bond acceptors (Lipinski definition) is 9. The van der Waals surface area contributed by atoms with Crippen LogP contribution in [0.2, 0.25) is 0 Å². The third-order valence-electron chi connectivity index (χ3n) is 8.76. The first-order chi connectivity index (χ1) is 16.7. The van der Waals surface area contributed by atoms with E-state index in [9.17, 15) is 29.7 Å². The molecule has 37 heavy (non-hydrogen) atoms. The van der Waals surface area contributed by atoms with Crippen LogP contribution in [0.1, 0.15) is 74.7 Å². The Morgan fingerprint density at radius 3 is 2.32 bits per heavy atom. The minimum absolute atomic E-state index is 0.213. The number of ether oxygens (including phenoxy) is 3. The molecule has 0 spiro atoms. The standard InChI is InChI=1S/C27H43NO9/c1-10-24(7)13-16(30)27(34)25(8)15(29)11-12-23(5,6)19(25)18(32)20(26(27,9)37-24)35-17(31)14-28-21(33)36-22(2,3)4/h10,15,18-20,29,32,34H,1,11-14H2,2-9H3,(H,28,33)/t15-,18-,19-,20-,24-,25-,26+,27-/m0/s1. The van der Waals surface area contributed by atoms with Gasteiger partial charge in [-0.1, -0.05) is 26.8 Å². The number of amides is 1. The number of Topliss-reactive ketones (excluding diaryl/α,β-unsaturated/α-hetero) is 1. The number of fused-ring (bicyclic) bond motifs is 3. The number of rotatable bonds is 4. The van der Waals surface area contributed by atoms with Crippen LogP contribution in [0.15, 0.2) is 12.7 Å². The molecule has 0 bridgehead atoms. The highest BCUT2D eigenvalue weighted by atomic mass is 16.6. The normalized spacial score (nSPS) is 43.2. The predicted octanol–water partition coefficient (Wildman–Crippen LogP) is 2.02.